The average Bonchev–Trinajstić information content (AvgIpc) is 2.44. The van der Waals surface area contributed by atoms with E-state index < -0.39 is 0 Å². The predicted molar refractivity (Wildman–Crippen MR) is 84.0 cm³/mol. The van der Waals surface area contributed by atoms with Crippen LogP contribution in [0.3, 0.4) is 0 Å². The van der Waals surface area contributed by atoms with Gasteiger partial charge in [0.15, 0.2) is 0 Å². The number of hydrogen-bond donors (Lipinski definition) is 2. The molecule has 0 amide bonds. The van der Waals surface area contributed by atoms with Crippen molar-refractivity contribution in [1.82, 2.24) is 5.32 Å². The van der Waals surface area contributed by atoms with Crippen molar-refractivity contribution < 1.29 is 9.50 Å². The summed E-state index contributed by atoms with van der Waals surface area (Å²) >= 11 is 0. The van der Waals surface area contributed by atoms with Crippen LogP contribution in [0.15, 0.2) is 42.5 Å². The molecule has 0 aliphatic carbocycles. The lowest BCUT2D eigenvalue weighted by Crippen LogP contribution is -2.24. The molecule has 2 rings (SSSR count). The number of aromatic hydroxyl groups is 1. The van der Waals surface area contributed by atoms with Gasteiger partial charge >= 0.3 is 0 Å². The van der Waals surface area contributed by atoms with Gasteiger partial charge in [-0.3, -0.25) is 0 Å². The van der Waals surface area contributed by atoms with E-state index in [-0.39, 0.29) is 17.6 Å². The second-order valence-electron chi connectivity index (χ2n) is 5.44. The molecule has 21 heavy (non-hydrogen) atoms. The Labute approximate surface area is 125 Å². The SMILES string of the molecule is CCCNC(Cc1ccc(O)cc1)c1cc(C)cc(F)c1. The van der Waals surface area contributed by atoms with Crippen molar-refractivity contribution in [2.24, 2.45) is 0 Å². The van der Waals surface area contributed by atoms with Crippen LogP contribution < -0.4 is 5.32 Å². The van der Waals surface area contributed by atoms with Crippen molar-refractivity contribution in [3.8, 4) is 5.75 Å². The zero-order valence-corrected chi connectivity index (χ0v) is 12.6. The van der Waals surface area contributed by atoms with Crippen LogP contribution >= 0.6 is 0 Å². The molecule has 2 aromatic carbocycles. The molecule has 0 aromatic heterocycles. The molecule has 3 heteroatoms. The quantitative estimate of drug-likeness (QED) is 0.837. The van der Waals surface area contributed by atoms with Crippen molar-refractivity contribution in [3.05, 3.63) is 65.0 Å². The first-order chi connectivity index (χ1) is 10.1. The van der Waals surface area contributed by atoms with E-state index in [1.54, 1.807) is 24.3 Å². The second kappa shape index (κ2) is 7.23. The van der Waals surface area contributed by atoms with Crippen molar-refractivity contribution in [2.75, 3.05) is 6.54 Å². The first-order valence-corrected chi connectivity index (χ1v) is 7.37. The Balaban J connectivity index is 2.22. The number of phenolic OH excluding ortho intramolecular Hbond substituents is 1. The minimum atomic E-state index is -0.195. The van der Waals surface area contributed by atoms with Gasteiger partial charge in [-0.05, 0) is 67.3 Å². The minimum absolute atomic E-state index is 0.0730. The average molecular weight is 287 g/mol. The molecule has 0 saturated carbocycles. The van der Waals surface area contributed by atoms with E-state index in [1.807, 2.05) is 25.1 Å². The topological polar surface area (TPSA) is 32.3 Å². The summed E-state index contributed by atoms with van der Waals surface area (Å²) in [7, 11) is 0. The Kier molecular flexibility index (Phi) is 5.34. The first kappa shape index (κ1) is 15.5. The van der Waals surface area contributed by atoms with Crippen molar-refractivity contribution in [2.45, 2.75) is 32.7 Å². The third-order valence-corrected chi connectivity index (χ3v) is 3.48. The molecule has 0 bridgehead atoms. The smallest absolute Gasteiger partial charge is 0.123 e. The number of hydrogen-bond acceptors (Lipinski definition) is 2. The van der Waals surface area contributed by atoms with E-state index >= 15 is 0 Å². The number of benzene rings is 2. The molecule has 0 aliphatic heterocycles. The van der Waals surface area contributed by atoms with Crippen molar-refractivity contribution in [3.63, 3.8) is 0 Å². The molecule has 2 aromatic rings. The van der Waals surface area contributed by atoms with E-state index in [1.165, 1.54) is 0 Å². The van der Waals surface area contributed by atoms with Crippen LogP contribution in [0.5, 0.6) is 5.75 Å². The summed E-state index contributed by atoms with van der Waals surface area (Å²) in [5, 5.41) is 12.8. The van der Waals surface area contributed by atoms with Gasteiger partial charge in [-0.1, -0.05) is 25.1 Å². The fourth-order valence-corrected chi connectivity index (χ4v) is 2.46. The van der Waals surface area contributed by atoms with Crippen molar-refractivity contribution >= 4 is 0 Å². The third kappa shape index (κ3) is 4.57. The highest BCUT2D eigenvalue weighted by molar-refractivity contribution is 5.30. The third-order valence-electron chi connectivity index (χ3n) is 3.48. The normalized spacial score (nSPS) is 12.3. The van der Waals surface area contributed by atoms with Crippen LogP contribution in [-0.4, -0.2) is 11.7 Å². The molecule has 1 unspecified atom stereocenters. The molecule has 2 nitrogen and oxygen atoms in total. The molecular weight excluding hydrogens is 265 g/mol. The van der Waals surface area contributed by atoms with E-state index in [0.717, 1.165) is 36.1 Å². The lowest BCUT2D eigenvalue weighted by atomic mass is 9.97. The summed E-state index contributed by atoms with van der Waals surface area (Å²) in [6.07, 6.45) is 1.80. The Hall–Kier alpha value is -1.87. The summed E-state index contributed by atoms with van der Waals surface area (Å²) in [5.74, 6) is 0.0671. The molecule has 112 valence electrons. The van der Waals surface area contributed by atoms with Gasteiger partial charge in [0.25, 0.3) is 0 Å². The molecule has 0 fully saturated rings. The molecule has 0 spiro atoms. The monoisotopic (exact) mass is 287 g/mol. The molecule has 0 saturated heterocycles. The molecule has 2 N–H and O–H groups in total. The van der Waals surface area contributed by atoms with E-state index in [9.17, 15) is 9.50 Å². The highest BCUT2D eigenvalue weighted by Gasteiger charge is 2.13. The van der Waals surface area contributed by atoms with Crippen LogP contribution in [0, 0.1) is 12.7 Å². The van der Waals surface area contributed by atoms with E-state index in [4.69, 9.17) is 0 Å². The van der Waals surface area contributed by atoms with Gasteiger partial charge in [0.2, 0.25) is 0 Å². The maximum absolute atomic E-state index is 13.6. The fraction of sp³-hybridized carbons (Fsp3) is 0.333. The summed E-state index contributed by atoms with van der Waals surface area (Å²) in [6, 6.07) is 12.4. The Morgan fingerprint density at radius 2 is 1.86 bits per heavy atom. The Morgan fingerprint density at radius 3 is 2.48 bits per heavy atom. The summed E-state index contributed by atoms with van der Waals surface area (Å²) in [6.45, 7) is 4.91. The number of nitrogens with one attached hydrogen (secondary N) is 1. The first-order valence-electron chi connectivity index (χ1n) is 7.37. The van der Waals surface area contributed by atoms with Gasteiger partial charge in [-0.15, -0.1) is 0 Å². The van der Waals surface area contributed by atoms with Gasteiger partial charge in [0, 0.05) is 6.04 Å². The van der Waals surface area contributed by atoms with Gasteiger partial charge in [-0.25, -0.2) is 4.39 Å². The highest BCUT2D eigenvalue weighted by atomic mass is 19.1. The second-order valence-corrected chi connectivity index (χ2v) is 5.44. The van der Waals surface area contributed by atoms with Gasteiger partial charge in [0.05, 0.1) is 0 Å². The van der Waals surface area contributed by atoms with E-state index in [2.05, 4.69) is 12.2 Å². The maximum atomic E-state index is 13.6. The maximum Gasteiger partial charge on any atom is 0.123 e. The van der Waals surface area contributed by atoms with E-state index in [0.29, 0.717) is 0 Å². The number of halogens is 1. The number of aryl methyl sites for hydroxylation is 1. The van der Waals surface area contributed by atoms with Gasteiger partial charge in [-0.2, -0.15) is 0 Å². The van der Waals surface area contributed by atoms with Crippen LogP contribution in [-0.2, 0) is 6.42 Å². The van der Waals surface area contributed by atoms with Gasteiger partial charge < -0.3 is 10.4 Å². The van der Waals surface area contributed by atoms with Crippen molar-refractivity contribution in [1.29, 1.82) is 0 Å². The Morgan fingerprint density at radius 1 is 1.14 bits per heavy atom. The summed E-state index contributed by atoms with van der Waals surface area (Å²) in [5.41, 5.74) is 3.01. The molecule has 0 heterocycles. The lowest BCUT2D eigenvalue weighted by molar-refractivity contribution is 0.474. The zero-order chi connectivity index (χ0) is 15.2. The van der Waals surface area contributed by atoms with Crippen LogP contribution in [0.4, 0.5) is 4.39 Å². The molecular formula is C18H22FNO. The molecule has 1 atom stereocenters. The predicted octanol–water partition coefficient (Wildman–Crippen LogP) is 4.12. The van der Waals surface area contributed by atoms with Gasteiger partial charge in [0.1, 0.15) is 11.6 Å². The number of rotatable bonds is 6. The molecule has 0 radical (unpaired) electrons. The fourth-order valence-electron chi connectivity index (χ4n) is 2.46. The van der Waals surface area contributed by atoms with Crippen LogP contribution in [0.2, 0.25) is 0 Å². The Bertz CT molecular complexity index is 560. The molecule has 0 aliphatic rings. The zero-order valence-electron chi connectivity index (χ0n) is 12.6. The lowest BCUT2D eigenvalue weighted by Gasteiger charge is -2.20. The highest BCUT2D eigenvalue weighted by Crippen LogP contribution is 2.22. The van der Waals surface area contributed by atoms with Crippen LogP contribution in [0.25, 0.3) is 0 Å². The largest absolute Gasteiger partial charge is 0.508 e. The minimum Gasteiger partial charge on any atom is -0.508 e. The number of phenols is 1. The van der Waals surface area contributed by atoms with Crippen LogP contribution in [0.1, 0.15) is 36.1 Å². The standard InChI is InChI=1S/C18H22FNO/c1-3-8-20-18(11-14-4-6-17(21)7-5-14)15-9-13(2)10-16(19)12-15/h4-7,9-10,12,18,20-21H,3,8,11H2,1-2H3. The summed E-state index contributed by atoms with van der Waals surface area (Å²) < 4.78 is 13.6. The summed E-state index contributed by atoms with van der Waals surface area (Å²) in [4.78, 5) is 0.